The molecule has 1 amide bonds. The van der Waals surface area contributed by atoms with E-state index in [1.165, 1.54) is 18.2 Å². The molecule has 114 valence electrons. The zero-order chi connectivity index (χ0) is 15.8. The van der Waals surface area contributed by atoms with E-state index < -0.39 is 10.5 Å². The van der Waals surface area contributed by atoms with Crippen LogP contribution in [0.1, 0.15) is 37.0 Å². The number of nitrogen functional groups attached to an aromatic ring is 1. The fourth-order valence-corrected chi connectivity index (χ4v) is 2.74. The van der Waals surface area contributed by atoms with E-state index in [0.717, 1.165) is 6.42 Å². The number of rotatable bonds is 3. The first kappa shape index (κ1) is 15.2. The molecule has 0 saturated carbocycles. The zero-order valence-electron chi connectivity index (χ0n) is 12.1. The molecule has 3 N–H and O–H groups in total. The van der Waals surface area contributed by atoms with Gasteiger partial charge in [0.15, 0.2) is 0 Å². The van der Waals surface area contributed by atoms with Gasteiger partial charge in [-0.05, 0) is 38.8 Å². The molecule has 1 saturated heterocycles. The molecule has 0 bridgehead atoms. The number of nitro benzene ring substituents is 1. The maximum Gasteiger partial charge on any atom is 0.292 e. The number of likely N-dealkylation sites (tertiary alicyclic amines) is 1. The molecular weight excluding hydrogens is 274 g/mol. The van der Waals surface area contributed by atoms with Crippen molar-refractivity contribution >= 4 is 17.3 Å². The van der Waals surface area contributed by atoms with Crippen molar-refractivity contribution in [1.82, 2.24) is 4.90 Å². The molecule has 1 aliphatic heterocycles. The summed E-state index contributed by atoms with van der Waals surface area (Å²) in [5.74, 6) is -0.317. The van der Waals surface area contributed by atoms with Crippen LogP contribution in [-0.2, 0) is 0 Å². The molecule has 0 spiro atoms. The lowest BCUT2D eigenvalue weighted by molar-refractivity contribution is -0.383. The third-order valence-electron chi connectivity index (χ3n) is 3.80. The topological polar surface area (TPSA) is 110 Å². The van der Waals surface area contributed by atoms with E-state index in [0.29, 0.717) is 13.0 Å². The molecule has 0 aliphatic carbocycles. The number of amides is 1. The van der Waals surface area contributed by atoms with Crippen molar-refractivity contribution in [2.45, 2.75) is 38.3 Å². The van der Waals surface area contributed by atoms with Gasteiger partial charge in [0.05, 0.1) is 16.6 Å². The van der Waals surface area contributed by atoms with Gasteiger partial charge in [-0.25, -0.2) is 0 Å². The Morgan fingerprint density at radius 2 is 2.19 bits per heavy atom. The monoisotopic (exact) mass is 293 g/mol. The van der Waals surface area contributed by atoms with Crippen LogP contribution in [0.5, 0.6) is 0 Å². The van der Waals surface area contributed by atoms with Gasteiger partial charge in [0.2, 0.25) is 0 Å². The summed E-state index contributed by atoms with van der Waals surface area (Å²) in [7, 11) is 0. The largest absolute Gasteiger partial charge is 0.393 e. The van der Waals surface area contributed by atoms with E-state index in [2.05, 4.69) is 0 Å². The average molecular weight is 293 g/mol. The number of anilines is 1. The van der Waals surface area contributed by atoms with Gasteiger partial charge in [-0.15, -0.1) is 0 Å². The van der Waals surface area contributed by atoms with Crippen molar-refractivity contribution in [2.24, 2.45) is 0 Å². The molecule has 7 nitrogen and oxygen atoms in total. The van der Waals surface area contributed by atoms with Crippen LogP contribution in [0, 0.1) is 10.1 Å². The second-order valence-corrected chi connectivity index (χ2v) is 5.84. The molecule has 7 heteroatoms. The Balaban J connectivity index is 2.32. The van der Waals surface area contributed by atoms with Crippen LogP contribution in [0.3, 0.4) is 0 Å². The number of nitro groups is 1. The molecule has 1 atom stereocenters. The van der Waals surface area contributed by atoms with Gasteiger partial charge in [0, 0.05) is 18.2 Å². The number of nitrogens with two attached hydrogens (primary N) is 1. The van der Waals surface area contributed by atoms with E-state index in [1.54, 1.807) is 18.7 Å². The van der Waals surface area contributed by atoms with Crippen molar-refractivity contribution in [3.8, 4) is 0 Å². The Morgan fingerprint density at radius 3 is 2.76 bits per heavy atom. The van der Waals surface area contributed by atoms with Gasteiger partial charge in [0.1, 0.15) is 5.69 Å². The summed E-state index contributed by atoms with van der Waals surface area (Å²) in [6.07, 6.45) is 1.52. The van der Waals surface area contributed by atoms with Crippen molar-refractivity contribution < 1.29 is 14.8 Å². The van der Waals surface area contributed by atoms with Gasteiger partial charge in [-0.2, -0.15) is 0 Å². The van der Waals surface area contributed by atoms with Crippen LogP contribution in [0.25, 0.3) is 0 Å². The van der Waals surface area contributed by atoms with E-state index in [1.807, 2.05) is 0 Å². The van der Waals surface area contributed by atoms with Crippen LogP contribution < -0.4 is 5.73 Å². The fourth-order valence-electron chi connectivity index (χ4n) is 2.74. The maximum absolute atomic E-state index is 12.5. The predicted molar refractivity (Wildman–Crippen MR) is 77.9 cm³/mol. The summed E-state index contributed by atoms with van der Waals surface area (Å²) in [6, 6.07) is 3.74. The van der Waals surface area contributed by atoms with Gasteiger partial charge >= 0.3 is 0 Å². The number of benzene rings is 1. The van der Waals surface area contributed by atoms with Crippen LogP contribution in [0.4, 0.5) is 11.4 Å². The number of carbonyl (C=O) groups is 1. The summed E-state index contributed by atoms with van der Waals surface area (Å²) >= 11 is 0. The second kappa shape index (κ2) is 5.33. The van der Waals surface area contributed by atoms with Crippen molar-refractivity contribution in [3.05, 3.63) is 33.9 Å². The predicted octanol–water partition coefficient (Wildman–Crippen LogP) is 1.55. The van der Waals surface area contributed by atoms with Crippen molar-refractivity contribution in [2.75, 3.05) is 12.3 Å². The number of nitrogens with zero attached hydrogens (tertiary/aromatic N) is 2. The van der Waals surface area contributed by atoms with E-state index in [4.69, 9.17) is 5.73 Å². The summed E-state index contributed by atoms with van der Waals surface area (Å²) < 4.78 is 0. The van der Waals surface area contributed by atoms with Gasteiger partial charge in [-0.1, -0.05) is 0 Å². The molecule has 0 radical (unpaired) electrons. The molecule has 2 rings (SSSR count). The summed E-state index contributed by atoms with van der Waals surface area (Å²) in [6.45, 7) is 3.86. The Kier molecular flexibility index (Phi) is 3.87. The standard InChI is InChI=1S/C14H19N3O4/c1-14(2,19)12-4-3-7-16(12)13(18)9-5-6-10(15)11(8-9)17(20)21/h5-6,8,12,19H,3-4,7,15H2,1-2H3. The molecular formula is C14H19N3O4. The highest BCUT2D eigenvalue weighted by molar-refractivity contribution is 5.96. The first-order valence-electron chi connectivity index (χ1n) is 6.79. The minimum Gasteiger partial charge on any atom is -0.393 e. The molecule has 1 aromatic rings. The minimum absolute atomic E-state index is 0.0250. The van der Waals surface area contributed by atoms with Crippen LogP contribution in [0.2, 0.25) is 0 Å². The van der Waals surface area contributed by atoms with Crippen LogP contribution in [-0.4, -0.2) is 39.0 Å². The first-order chi connectivity index (χ1) is 9.71. The zero-order valence-corrected chi connectivity index (χ0v) is 12.1. The molecule has 0 aromatic heterocycles. The van der Waals surface area contributed by atoms with Gasteiger partial charge < -0.3 is 15.7 Å². The number of aliphatic hydroxyl groups is 1. The van der Waals surface area contributed by atoms with Crippen LogP contribution in [0.15, 0.2) is 18.2 Å². The summed E-state index contributed by atoms with van der Waals surface area (Å²) in [5.41, 5.74) is 4.49. The van der Waals surface area contributed by atoms with E-state index in [9.17, 15) is 20.0 Å². The van der Waals surface area contributed by atoms with Gasteiger partial charge in [-0.3, -0.25) is 14.9 Å². The Bertz CT molecular complexity index is 580. The summed E-state index contributed by atoms with van der Waals surface area (Å²) in [4.78, 5) is 24.4. The van der Waals surface area contributed by atoms with Gasteiger partial charge in [0.25, 0.3) is 11.6 Å². The normalized spacial score (nSPS) is 18.8. The Labute approximate surface area is 122 Å². The molecule has 1 aliphatic rings. The molecule has 1 unspecified atom stereocenters. The van der Waals surface area contributed by atoms with E-state index >= 15 is 0 Å². The van der Waals surface area contributed by atoms with E-state index in [-0.39, 0.29) is 28.9 Å². The molecule has 1 heterocycles. The third kappa shape index (κ3) is 2.97. The third-order valence-corrected chi connectivity index (χ3v) is 3.80. The smallest absolute Gasteiger partial charge is 0.292 e. The lowest BCUT2D eigenvalue weighted by Crippen LogP contribution is -2.48. The second-order valence-electron chi connectivity index (χ2n) is 5.84. The lowest BCUT2D eigenvalue weighted by atomic mass is 9.96. The minimum atomic E-state index is -1.01. The fraction of sp³-hybridized carbons (Fsp3) is 0.500. The molecule has 21 heavy (non-hydrogen) atoms. The van der Waals surface area contributed by atoms with Crippen molar-refractivity contribution in [1.29, 1.82) is 0 Å². The number of carbonyl (C=O) groups excluding carboxylic acids is 1. The highest BCUT2D eigenvalue weighted by atomic mass is 16.6. The number of hydrogen-bond donors (Lipinski definition) is 2. The molecule has 1 fully saturated rings. The SMILES string of the molecule is CC(C)(O)C1CCCN1C(=O)c1ccc(N)c([N+](=O)[O-])c1. The highest BCUT2D eigenvalue weighted by Crippen LogP contribution is 2.30. The lowest BCUT2D eigenvalue weighted by Gasteiger charge is -2.33. The number of hydrogen-bond acceptors (Lipinski definition) is 5. The first-order valence-corrected chi connectivity index (χ1v) is 6.79. The highest BCUT2D eigenvalue weighted by Gasteiger charge is 2.39. The maximum atomic E-state index is 12.5. The van der Waals surface area contributed by atoms with Crippen molar-refractivity contribution in [3.63, 3.8) is 0 Å². The summed E-state index contributed by atoms with van der Waals surface area (Å²) in [5, 5.41) is 21.1. The Hall–Kier alpha value is -2.15. The quantitative estimate of drug-likeness (QED) is 0.499. The average Bonchev–Trinajstić information content (AvgIpc) is 2.87. The Morgan fingerprint density at radius 1 is 1.52 bits per heavy atom. The van der Waals surface area contributed by atoms with Crippen LogP contribution >= 0.6 is 0 Å². The molecule has 1 aromatic carbocycles.